The first-order valence-corrected chi connectivity index (χ1v) is 8.22. The highest BCUT2D eigenvalue weighted by atomic mass is 35.5. The minimum atomic E-state index is -3.41. The third kappa shape index (κ3) is 3.86. The van der Waals surface area contributed by atoms with Gasteiger partial charge in [0.1, 0.15) is 0 Å². The second kappa shape index (κ2) is 7.20. The predicted molar refractivity (Wildman–Crippen MR) is 68.3 cm³/mol. The summed E-state index contributed by atoms with van der Waals surface area (Å²) in [5.74, 6) is 0.685. The predicted octanol–water partition coefficient (Wildman–Crippen LogP) is 2.35. The Morgan fingerprint density at radius 1 is 1.12 bits per heavy atom. The molecule has 1 N–H and O–H groups in total. The van der Waals surface area contributed by atoms with Crippen LogP contribution < -0.4 is 0 Å². The molecule has 1 rings (SSSR count). The van der Waals surface area contributed by atoms with Crippen molar-refractivity contribution in [3.63, 3.8) is 0 Å². The maximum Gasteiger partial charge on any atom is 0.343 e. The average Bonchev–Trinajstić information content (AvgIpc) is 2.30. The Bertz CT molecular complexity index is 244. The highest BCUT2D eigenvalue weighted by molar-refractivity contribution is 7.52. The molecule has 0 saturated carbocycles. The van der Waals surface area contributed by atoms with E-state index >= 15 is 0 Å². The summed E-state index contributed by atoms with van der Waals surface area (Å²) in [5, 5.41) is 0. The van der Waals surface area contributed by atoms with Gasteiger partial charge in [-0.3, -0.25) is 4.57 Å². The first kappa shape index (κ1) is 14.7. The lowest BCUT2D eigenvalue weighted by molar-refractivity contribution is 0.252. The van der Waals surface area contributed by atoms with E-state index in [0.717, 1.165) is 19.3 Å². The summed E-state index contributed by atoms with van der Waals surface area (Å²) in [6.07, 6.45) is 3.11. The molecular formula is C9H19Cl2N2O2P. The van der Waals surface area contributed by atoms with E-state index in [1.807, 2.05) is 0 Å². The third-order valence-corrected chi connectivity index (χ3v) is 5.37. The van der Waals surface area contributed by atoms with Crippen LogP contribution in [-0.2, 0) is 4.57 Å². The third-order valence-electron chi connectivity index (χ3n) is 2.75. The smallest absolute Gasteiger partial charge is 0.322 e. The van der Waals surface area contributed by atoms with E-state index in [4.69, 9.17) is 23.2 Å². The summed E-state index contributed by atoms with van der Waals surface area (Å²) in [7, 11) is -3.41. The van der Waals surface area contributed by atoms with Gasteiger partial charge in [-0.05, 0) is 12.8 Å². The molecule has 1 atom stereocenters. The molecule has 0 radical (unpaired) electrons. The summed E-state index contributed by atoms with van der Waals surface area (Å²) in [5.41, 5.74) is 0. The van der Waals surface area contributed by atoms with Gasteiger partial charge < -0.3 is 4.89 Å². The van der Waals surface area contributed by atoms with Crippen molar-refractivity contribution >= 4 is 30.9 Å². The Labute approximate surface area is 107 Å². The van der Waals surface area contributed by atoms with Crippen molar-refractivity contribution in [2.75, 3.05) is 37.9 Å². The van der Waals surface area contributed by atoms with E-state index in [1.165, 1.54) is 4.67 Å². The quantitative estimate of drug-likeness (QED) is 0.602. The fourth-order valence-electron chi connectivity index (χ4n) is 1.88. The van der Waals surface area contributed by atoms with Crippen LogP contribution in [0.1, 0.15) is 19.3 Å². The molecule has 1 aliphatic rings. The van der Waals surface area contributed by atoms with Crippen LogP contribution >= 0.6 is 30.9 Å². The molecule has 1 heterocycles. The maximum absolute atomic E-state index is 12.3. The van der Waals surface area contributed by atoms with Gasteiger partial charge in [0.15, 0.2) is 0 Å². The van der Waals surface area contributed by atoms with Gasteiger partial charge in [-0.25, -0.2) is 9.34 Å². The van der Waals surface area contributed by atoms with Crippen molar-refractivity contribution in [2.24, 2.45) is 0 Å². The molecule has 0 aliphatic carbocycles. The van der Waals surface area contributed by atoms with Crippen LogP contribution in [0.5, 0.6) is 0 Å². The highest BCUT2D eigenvalue weighted by Crippen LogP contribution is 2.49. The number of nitrogens with zero attached hydrogens (tertiary/aromatic N) is 2. The van der Waals surface area contributed by atoms with Crippen LogP contribution in [0.3, 0.4) is 0 Å². The molecule has 0 bridgehead atoms. The molecule has 0 aromatic heterocycles. The van der Waals surface area contributed by atoms with Crippen molar-refractivity contribution in [3.05, 3.63) is 0 Å². The zero-order valence-electron chi connectivity index (χ0n) is 9.32. The van der Waals surface area contributed by atoms with Crippen LogP contribution in [-0.4, -0.2) is 52.2 Å². The minimum Gasteiger partial charge on any atom is -0.322 e. The lowest BCUT2D eigenvalue weighted by Crippen LogP contribution is -2.36. The van der Waals surface area contributed by atoms with E-state index in [1.54, 1.807) is 4.67 Å². The number of piperidine rings is 1. The number of halogens is 2. The second-order valence-electron chi connectivity index (χ2n) is 3.86. The molecule has 96 valence electrons. The van der Waals surface area contributed by atoms with Crippen molar-refractivity contribution in [1.29, 1.82) is 0 Å². The first-order chi connectivity index (χ1) is 7.62. The maximum atomic E-state index is 12.3. The Kier molecular flexibility index (Phi) is 6.63. The molecule has 1 fully saturated rings. The van der Waals surface area contributed by atoms with Crippen molar-refractivity contribution in [1.82, 2.24) is 9.34 Å². The van der Waals surface area contributed by atoms with Crippen LogP contribution in [0.15, 0.2) is 0 Å². The van der Waals surface area contributed by atoms with Crippen LogP contribution in [0, 0.1) is 0 Å². The number of hydrogen-bond donors (Lipinski definition) is 1. The van der Waals surface area contributed by atoms with Gasteiger partial charge in [0.2, 0.25) is 0 Å². The molecule has 0 aromatic carbocycles. The number of rotatable bonds is 6. The number of alkyl halides is 2. The van der Waals surface area contributed by atoms with Gasteiger partial charge in [0, 0.05) is 37.9 Å². The summed E-state index contributed by atoms with van der Waals surface area (Å²) < 4.78 is 15.5. The van der Waals surface area contributed by atoms with Crippen molar-refractivity contribution in [2.45, 2.75) is 19.3 Å². The van der Waals surface area contributed by atoms with E-state index < -0.39 is 7.67 Å². The standard InChI is InChI=1S/C9H19Cl2N2O2P/c10-4-8-13(9-5-11)16(14,15)12-6-2-1-3-7-12/h1-9H2,(H,14,15). The van der Waals surface area contributed by atoms with Gasteiger partial charge in [0.25, 0.3) is 0 Å². The molecule has 1 aliphatic heterocycles. The lowest BCUT2D eigenvalue weighted by atomic mass is 10.2. The van der Waals surface area contributed by atoms with Gasteiger partial charge in [-0.15, -0.1) is 23.2 Å². The minimum absolute atomic E-state index is 0.343. The van der Waals surface area contributed by atoms with E-state index in [-0.39, 0.29) is 0 Å². The molecular weight excluding hydrogens is 270 g/mol. The Balaban J connectivity index is 2.66. The highest BCUT2D eigenvalue weighted by Gasteiger charge is 2.35. The van der Waals surface area contributed by atoms with Crippen LogP contribution in [0.2, 0.25) is 0 Å². The topological polar surface area (TPSA) is 43.8 Å². The monoisotopic (exact) mass is 288 g/mol. The van der Waals surface area contributed by atoms with Crippen LogP contribution in [0.25, 0.3) is 0 Å². The molecule has 0 amide bonds. The Morgan fingerprint density at radius 2 is 1.62 bits per heavy atom. The average molecular weight is 289 g/mol. The molecule has 0 aromatic rings. The molecule has 0 spiro atoms. The summed E-state index contributed by atoms with van der Waals surface area (Å²) in [6.45, 7) is 2.18. The lowest BCUT2D eigenvalue weighted by Gasteiger charge is -2.36. The molecule has 4 nitrogen and oxygen atoms in total. The molecule has 1 unspecified atom stereocenters. The van der Waals surface area contributed by atoms with E-state index in [0.29, 0.717) is 37.9 Å². The van der Waals surface area contributed by atoms with Gasteiger partial charge in [-0.1, -0.05) is 6.42 Å². The van der Waals surface area contributed by atoms with E-state index in [2.05, 4.69) is 0 Å². The summed E-state index contributed by atoms with van der Waals surface area (Å²) in [6, 6.07) is 0. The molecule has 7 heteroatoms. The SMILES string of the molecule is O=P(O)(N(CCCl)CCCl)N1CCCCC1. The Hall–Kier alpha value is 0.690. The van der Waals surface area contributed by atoms with Crippen LogP contribution in [0.4, 0.5) is 0 Å². The van der Waals surface area contributed by atoms with Crippen molar-refractivity contribution in [3.8, 4) is 0 Å². The molecule has 16 heavy (non-hydrogen) atoms. The fraction of sp³-hybridized carbons (Fsp3) is 1.00. The summed E-state index contributed by atoms with van der Waals surface area (Å²) >= 11 is 11.3. The summed E-state index contributed by atoms with van der Waals surface area (Å²) in [4.78, 5) is 10.2. The first-order valence-electron chi connectivity index (χ1n) is 5.58. The van der Waals surface area contributed by atoms with Crippen molar-refractivity contribution < 1.29 is 9.46 Å². The Morgan fingerprint density at radius 3 is 2.06 bits per heavy atom. The van der Waals surface area contributed by atoms with Gasteiger partial charge >= 0.3 is 7.67 Å². The molecule has 1 saturated heterocycles. The number of hydrogen-bond acceptors (Lipinski definition) is 1. The van der Waals surface area contributed by atoms with E-state index in [9.17, 15) is 9.46 Å². The zero-order chi connectivity index (χ0) is 12.0. The van der Waals surface area contributed by atoms with Gasteiger partial charge in [-0.2, -0.15) is 0 Å². The normalized spacial score (nSPS) is 22.2. The fourth-order valence-corrected chi connectivity index (χ4v) is 4.41. The zero-order valence-corrected chi connectivity index (χ0v) is 11.7. The second-order valence-corrected chi connectivity index (χ2v) is 6.77. The largest absolute Gasteiger partial charge is 0.343 e. The van der Waals surface area contributed by atoms with Gasteiger partial charge in [0.05, 0.1) is 0 Å².